The first-order valence-electron chi connectivity index (χ1n) is 5.21. The van der Waals surface area contributed by atoms with Gasteiger partial charge < -0.3 is 14.2 Å². The second kappa shape index (κ2) is 4.99. The predicted molar refractivity (Wildman–Crippen MR) is 58.2 cm³/mol. The summed E-state index contributed by atoms with van der Waals surface area (Å²) in [7, 11) is 1.58. The van der Waals surface area contributed by atoms with Crippen molar-refractivity contribution in [2.45, 2.75) is 12.5 Å². The highest BCUT2D eigenvalue weighted by Gasteiger charge is 2.19. The maximum atomic E-state index is 10.7. The van der Waals surface area contributed by atoms with Crippen molar-refractivity contribution < 1.29 is 19.0 Å². The SMILES string of the molecule is COc1ccc(C=O)cc1O[C@H]1CCOC1. The smallest absolute Gasteiger partial charge is 0.162 e. The lowest BCUT2D eigenvalue weighted by Crippen LogP contribution is -2.16. The minimum absolute atomic E-state index is 0.0517. The third-order valence-corrected chi connectivity index (χ3v) is 2.51. The fourth-order valence-corrected chi connectivity index (χ4v) is 1.64. The van der Waals surface area contributed by atoms with E-state index in [-0.39, 0.29) is 6.10 Å². The van der Waals surface area contributed by atoms with E-state index in [2.05, 4.69) is 0 Å². The zero-order valence-corrected chi connectivity index (χ0v) is 9.14. The predicted octanol–water partition coefficient (Wildman–Crippen LogP) is 1.68. The van der Waals surface area contributed by atoms with E-state index in [0.717, 1.165) is 19.3 Å². The zero-order valence-electron chi connectivity index (χ0n) is 9.14. The number of hydrogen-bond donors (Lipinski definition) is 0. The van der Waals surface area contributed by atoms with Crippen molar-refractivity contribution in [3.63, 3.8) is 0 Å². The average Bonchev–Trinajstić information content (AvgIpc) is 2.82. The van der Waals surface area contributed by atoms with Crippen LogP contribution in [0.1, 0.15) is 16.8 Å². The van der Waals surface area contributed by atoms with E-state index in [1.807, 2.05) is 0 Å². The van der Waals surface area contributed by atoms with Crippen molar-refractivity contribution in [3.8, 4) is 11.5 Å². The van der Waals surface area contributed by atoms with Gasteiger partial charge in [0, 0.05) is 12.0 Å². The van der Waals surface area contributed by atoms with Crippen LogP contribution in [0.3, 0.4) is 0 Å². The Labute approximate surface area is 94.1 Å². The van der Waals surface area contributed by atoms with Gasteiger partial charge in [-0.25, -0.2) is 0 Å². The largest absolute Gasteiger partial charge is 0.493 e. The number of carbonyl (C=O) groups is 1. The van der Waals surface area contributed by atoms with Gasteiger partial charge in [-0.1, -0.05) is 0 Å². The number of benzene rings is 1. The summed E-state index contributed by atoms with van der Waals surface area (Å²) in [5.74, 6) is 1.24. The van der Waals surface area contributed by atoms with Crippen molar-refractivity contribution in [2.75, 3.05) is 20.3 Å². The van der Waals surface area contributed by atoms with Crippen molar-refractivity contribution in [2.24, 2.45) is 0 Å². The van der Waals surface area contributed by atoms with E-state index < -0.39 is 0 Å². The molecule has 0 amide bonds. The van der Waals surface area contributed by atoms with Crippen LogP contribution in [-0.4, -0.2) is 32.7 Å². The van der Waals surface area contributed by atoms with Gasteiger partial charge in [-0.2, -0.15) is 0 Å². The number of rotatable bonds is 4. The summed E-state index contributed by atoms with van der Waals surface area (Å²) >= 11 is 0. The molecule has 1 saturated heterocycles. The van der Waals surface area contributed by atoms with Gasteiger partial charge in [-0.05, 0) is 18.2 Å². The third-order valence-electron chi connectivity index (χ3n) is 2.51. The van der Waals surface area contributed by atoms with Crippen LogP contribution in [0.15, 0.2) is 18.2 Å². The molecule has 16 heavy (non-hydrogen) atoms. The summed E-state index contributed by atoms with van der Waals surface area (Å²) in [6.07, 6.45) is 1.71. The molecule has 0 spiro atoms. The second-order valence-electron chi connectivity index (χ2n) is 3.63. The highest BCUT2D eigenvalue weighted by molar-refractivity contribution is 5.76. The summed E-state index contributed by atoms with van der Waals surface area (Å²) < 4.78 is 16.1. The Hall–Kier alpha value is -1.55. The lowest BCUT2D eigenvalue weighted by Gasteiger charge is -2.15. The first-order chi connectivity index (χ1) is 7.83. The molecule has 4 nitrogen and oxygen atoms in total. The Morgan fingerprint density at radius 1 is 1.44 bits per heavy atom. The number of ether oxygens (including phenoxy) is 3. The molecule has 0 aromatic heterocycles. The van der Waals surface area contributed by atoms with E-state index in [4.69, 9.17) is 14.2 Å². The van der Waals surface area contributed by atoms with E-state index in [9.17, 15) is 4.79 Å². The monoisotopic (exact) mass is 222 g/mol. The van der Waals surface area contributed by atoms with Crippen LogP contribution in [0.25, 0.3) is 0 Å². The van der Waals surface area contributed by atoms with E-state index in [1.165, 1.54) is 0 Å². The molecule has 0 radical (unpaired) electrons. The minimum Gasteiger partial charge on any atom is -0.493 e. The molecule has 2 rings (SSSR count). The van der Waals surface area contributed by atoms with Gasteiger partial charge >= 0.3 is 0 Å². The molecule has 0 N–H and O–H groups in total. The average molecular weight is 222 g/mol. The lowest BCUT2D eigenvalue weighted by atomic mass is 10.2. The molecule has 1 fully saturated rings. The number of carbonyl (C=O) groups excluding carboxylic acids is 1. The van der Waals surface area contributed by atoms with Crippen molar-refractivity contribution in [3.05, 3.63) is 23.8 Å². The molecular formula is C12H14O4. The number of aldehydes is 1. The normalized spacial score (nSPS) is 19.4. The Bertz CT molecular complexity index is 369. The molecule has 1 atom stereocenters. The van der Waals surface area contributed by atoms with Gasteiger partial charge in [-0.3, -0.25) is 4.79 Å². The highest BCUT2D eigenvalue weighted by Crippen LogP contribution is 2.29. The summed E-state index contributed by atoms with van der Waals surface area (Å²) in [5, 5.41) is 0. The topological polar surface area (TPSA) is 44.8 Å². The fraction of sp³-hybridized carbons (Fsp3) is 0.417. The molecule has 1 aromatic rings. The van der Waals surface area contributed by atoms with E-state index >= 15 is 0 Å². The molecule has 1 aromatic carbocycles. The molecule has 0 bridgehead atoms. The Morgan fingerprint density at radius 3 is 2.94 bits per heavy atom. The standard InChI is InChI=1S/C12H14O4/c1-14-11-3-2-9(7-13)6-12(11)16-10-4-5-15-8-10/h2-3,6-7,10H,4-5,8H2,1H3/t10-/m0/s1. The van der Waals surface area contributed by atoms with Crippen LogP contribution in [-0.2, 0) is 4.74 Å². The molecule has 1 heterocycles. The van der Waals surface area contributed by atoms with Crippen LogP contribution >= 0.6 is 0 Å². The van der Waals surface area contributed by atoms with Gasteiger partial charge in [0.25, 0.3) is 0 Å². The first-order valence-corrected chi connectivity index (χ1v) is 5.21. The Morgan fingerprint density at radius 2 is 2.31 bits per heavy atom. The van der Waals surface area contributed by atoms with Crippen LogP contribution < -0.4 is 9.47 Å². The van der Waals surface area contributed by atoms with Gasteiger partial charge in [0.05, 0.1) is 20.3 Å². The second-order valence-corrected chi connectivity index (χ2v) is 3.63. The van der Waals surface area contributed by atoms with Crippen LogP contribution in [0.5, 0.6) is 11.5 Å². The minimum atomic E-state index is 0.0517. The lowest BCUT2D eigenvalue weighted by molar-refractivity contribution is 0.112. The van der Waals surface area contributed by atoms with Crippen LogP contribution in [0, 0.1) is 0 Å². The van der Waals surface area contributed by atoms with Crippen LogP contribution in [0.2, 0.25) is 0 Å². The molecule has 0 saturated carbocycles. The molecular weight excluding hydrogens is 208 g/mol. The van der Waals surface area contributed by atoms with Crippen molar-refractivity contribution >= 4 is 6.29 Å². The summed E-state index contributed by atoms with van der Waals surface area (Å²) in [4.78, 5) is 10.7. The summed E-state index contributed by atoms with van der Waals surface area (Å²) in [6.45, 7) is 1.31. The Kier molecular flexibility index (Phi) is 3.41. The Balaban J connectivity index is 2.18. The first kappa shape index (κ1) is 11.0. The molecule has 1 aliphatic rings. The molecule has 4 heteroatoms. The van der Waals surface area contributed by atoms with Gasteiger partial charge in [0.15, 0.2) is 11.5 Å². The van der Waals surface area contributed by atoms with Gasteiger partial charge in [-0.15, -0.1) is 0 Å². The zero-order chi connectivity index (χ0) is 11.4. The molecule has 0 aliphatic carbocycles. The number of methoxy groups -OCH3 is 1. The summed E-state index contributed by atoms with van der Waals surface area (Å²) in [5.41, 5.74) is 0.578. The maximum Gasteiger partial charge on any atom is 0.162 e. The van der Waals surface area contributed by atoms with E-state index in [1.54, 1.807) is 25.3 Å². The molecule has 86 valence electrons. The van der Waals surface area contributed by atoms with Gasteiger partial charge in [0.1, 0.15) is 12.4 Å². The van der Waals surface area contributed by atoms with Crippen molar-refractivity contribution in [1.29, 1.82) is 0 Å². The van der Waals surface area contributed by atoms with E-state index in [0.29, 0.717) is 23.7 Å². The van der Waals surface area contributed by atoms with Crippen LogP contribution in [0.4, 0.5) is 0 Å². The van der Waals surface area contributed by atoms with Gasteiger partial charge in [0.2, 0.25) is 0 Å². The highest BCUT2D eigenvalue weighted by atomic mass is 16.6. The molecule has 0 unspecified atom stereocenters. The number of hydrogen-bond acceptors (Lipinski definition) is 4. The maximum absolute atomic E-state index is 10.7. The fourth-order valence-electron chi connectivity index (χ4n) is 1.64. The molecule has 1 aliphatic heterocycles. The van der Waals surface area contributed by atoms with Crippen molar-refractivity contribution in [1.82, 2.24) is 0 Å². The third kappa shape index (κ3) is 2.33. The summed E-state index contributed by atoms with van der Waals surface area (Å²) in [6, 6.07) is 5.11. The quantitative estimate of drug-likeness (QED) is 0.727.